The lowest BCUT2D eigenvalue weighted by molar-refractivity contribution is -0.143. The van der Waals surface area contributed by atoms with E-state index in [9.17, 15) is 14.4 Å². The maximum atomic E-state index is 12.6. The fourth-order valence-corrected chi connectivity index (χ4v) is 5.61. The van der Waals surface area contributed by atoms with Gasteiger partial charge < -0.3 is 14.2 Å². The van der Waals surface area contributed by atoms with Gasteiger partial charge in [0.15, 0.2) is 4.80 Å². The second-order valence-corrected chi connectivity index (χ2v) is 9.66. The van der Waals surface area contributed by atoms with Gasteiger partial charge in [0.2, 0.25) is 5.91 Å². The zero-order valence-corrected chi connectivity index (χ0v) is 20.2. The molecule has 0 unspecified atom stereocenters. The Morgan fingerprint density at radius 2 is 1.97 bits per heavy atom. The number of para-hydroxylation sites is 1. The molecule has 2 aromatic carbocycles. The highest BCUT2D eigenvalue weighted by atomic mass is 32.2. The molecule has 33 heavy (non-hydrogen) atoms. The van der Waals surface area contributed by atoms with E-state index in [1.165, 1.54) is 28.7 Å². The SMILES string of the molecule is CCOC(=O)Cn1c(=NC(=O)CSCC(=O)N2CCc3ccccc32)sc2cc(C)ccc21. The van der Waals surface area contributed by atoms with Crippen molar-refractivity contribution in [1.29, 1.82) is 0 Å². The molecule has 0 fully saturated rings. The Labute approximate surface area is 200 Å². The minimum Gasteiger partial charge on any atom is -0.465 e. The number of nitrogens with zero attached hydrogens (tertiary/aromatic N) is 3. The Morgan fingerprint density at radius 3 is 2.79 bits per heavy atom. The van der Waals surface area contributed by atoms with Crippen molar-refractivity contribution < 1.29 is 19.1 Å². The van der Waals surface area contributed by atoms with E-state index < -0.39 is 0 Å². The van der Waals surface area contributed by atoms with Crippen molar-refractivity contribution in [3.63, 3.8) is 0 Å². The van der Waals surface area contributed by atoms with Gasteiger partial charge in [-0.05, 0) is 49.6 Å². The number of thioether (sulfide) groups is 1. The fraction of sp³-hybridized carbons (Fsp3) is 0.333. The van der Waals surface area contributed by atoms with E-state index >= 15 is 0 Å². The van der Waals surface area contributed by atoms with Gasteiger partial charge in [0.1, 0.15) is 6.54 Å². The largest absolute Gasteiger partial charge is 0.465 e. The topological polar surface area (TPSA) is 81.0 Å². The summed E-state index contributed by atoms with van der Waals surface area (Å²) in [7, 11) is 0. The van der Waals surface area contributed by atoms with Crippen LogP contribution in [0.4, 0.5) is 5.69 Å². The van der Waals surface area contributed by atoms with Gasteiger partial charge in [0, 0.05) is 12.2 Å². The highest BCUT2D eigenvalue weighted by Crippen LogP contribution is 2.28. The van der Waals surface area contributed by atoms with Gasteiger partial charge in [0.25, 0.3) is 5.91 Å². The molecule has 172 valence electrons. The van der Waals surface area contributed by atoms with Gasteiger partial charge in [-0.25, -0.2) is 0 Å². The molecule has 2 amide bonds. The van der Waals surface area contributed by atoms with Gasteiger partial charge >= 0.3 is 5.97 Å². The van der Waals surface area contributed by atoms with E-state index in [4.69, 9.17) is 4.74 Å². The lowest BCUT2D eigenvalue weighted by Gasteiger charge is -2.16. The third-order valence-corrected chi connectivity index (χ3v) is 7.23. The van der Waals surface area contributed by atoms with Gasteiger partial charge in [-0.3, -0.25) is 14.4 Å². The van der Waals surface area contributed by atoms with Crippen LogP contribution in [0.1, 0.15) is 18.1 Å². The summed E-state index contributed by atoms with van der Waals surface area (Å²) in [6, 6.07) is 13.8. The van der Waals surface area contributed by atoms with Crippen molar-refractivity contribution in [2.45, 2.75) is 26.8 Å². The van der Waals surface area contributed by atoms with E-state index in [0.29, 0.717) is 11.3 Å². The molecule has 0 radical (unpaired) electrons. The lowest BCUT2D eigenvalue weighted by atomic mass is 10.2. The molecule has 0 saturated carbocycles. The minimum absolute atomic E-state index is 0.00698. The molecule has 9 heteroatoms. The van der Waals surface area contributed by atoms with Gasteiger partial charge in [-0.1, -0.05) is 35.6 Å². The van der Waals surface area contributed by atoms with Crippen molar-refractivity contribution in [3.05, 3.63) is 58.4 Å². The molecule has 1 aliphatic heterocycles. The molecule has 1 aliphatic rings. The summed E-state index contributed by atoms with van der Waals surface area (Å²) in [5.41, 5.74) is 4.05. The molecule has 2 heterocycles. The Balaban J connectivity index is 1.45. The van der Waals surface area contributed by atoms with Gasteiger partial charge in [-0.2, -0.15) is 4.99 Å². The van der Waals surface area contributed by atoms with E-state index in [1.807, 2.05) is 49.4 Å². The molecule has 7 nitrogen and oxygen atoms in total. The number of esters is 1. The minimum atomic E-state index is -0.377. The standard InChI is InChI=1S/C24H25N3O4S2/c1-3-31-23(30)13-27-19-9-8-16(2)12-20(19)33-24(27)25-21(28)14-32-15-22(29)26-11-10-17-6-4-5-7-18(17)26/h4-9,12H,3,10-11,13-15H2,1-2H3. The van der Waals surface area contributed by atoms with Crippen molar-refractivity contribution in [2.24, 2.45) is 4.99 Å². The first-order valence-electron chi connectivity index (χ1n) is 10.8. The van der Waals surface area contributed by atoms with E-state index in [0.717, 1.165) is 27.9 Å². The predicted octanol–water partition coefficient (Wildman–Crippen LogP) is 3.32. The number of thiazole rings is 1. The second kappa shape index (κ2) is 10.4. The van der Waals surface area contributed by atoms with Crippen molar-refractivity contribution in [1.82, 2.24) is 4.57 Å². The van der Waals surface area contributed by atoms with Gasteiger partial charge in [0.05, 0.1) is 28.3 Å². The number of anilines is 1. The molecule has 1 aromatic heterocycles. The summed E-state index contributed by atoms with van der Waals surface area (Å²) in [4.78, 5) is 43.8. The summed E-state index contributed by atoms with van der Waals surface area (Å²) in [6.07, 6.45) is 0.854. The zero-order chi connectivity index (χ0) is 23.4. The number of hydrogen-bond acceptors (Lipinski definition) is 6. The number of carbonyl (C=O) groups is 3. The number of aryl methyl sites for hydroxylation is 1. The maximum Gasteiger partial charge on any atom is 0.326 e. The normalized spacial score (nSPS) is 13.4. The number of hydrogen-bond donors (Lipinski definition) is 0. The van der Waals surface area contributed by atoms with Gasteiger partial charge in [-0.15, -0.1) is 11.8 Å². The van der Waals surface area contributed by atoms with Crippen LogP contribution >= 0.6 is 23.1 Å². The molecule has 3 aromatic rings. The molecule has 4 rings (SSSR count). The highest BCUT2D eigenvalue weighted by molar-refractivity contribution is 8.00. The predicted molar refractivity (Wildman–Crippen MR) is 132 cm³/mol. The quantitative estimate of drug-likeness (QED) is 0.482. The van der Waals surface area contributed by atoms with E-state index in [-0.39, 0.29) is 42.4 Å². The monoisotopic (exact) mass is 483 g/mol. The smallest absolute Gasteiger partial charge is 0.326 e. The molecule has 0 spiro atoms. The summed E-state index contributed by atoms with van der Waals surface area (Å²) in [6.45, 7) is 4.70. The molecule has 0 aliphatic carbocycles. The summed E-state index contributed by atoms with van der Waals surface area (Å²) >= 11 is 2.62. The lowest BCUT2D eigenvalue weighted by Crippen LogP contribution is -2.30. The number of aromatic nitrogens is 1. The molecule has 0 saturated heterocycles. The number of carbonyl (C=O) groups excluding carboxylic acids is 3. The molecule has 0 N–H and O–H groups in total. The number of rotatable bonds is 7. The molecule has 0 atom stereocenters. The first kappa shape index (κ1) is 23.3. The van der Waals surface area contributed by atoms with Crippen LogP contribution in [0.5, 0.6) is 0 Å². The molecular formula is C24H25N3O4S2. The maximum absolute atomic E-state index is 12.6. The summed E-state index contributed by atoms with van der Waals surface area (Å²) < 4.78 is 7.75. The average Bonchev–Trinajstić information content (AvgIpc) is 3.35. The Hall–Kier alpha value is -2.91. The van der Waals surface area contributed by atoms with Crippen LogP contribution < -0.4 is 9.70 Å². The summed E-state index contributed by atoms with van der Waals surface area (Å²) in [5.74, 6) is -0.418. The van der Waals surface area contributed by atoms with Crippen LogP contribution in [0.25, 0.3) is 10.2 Å². The Bertz CT molecular complexity index is 1280. The number of amides is 2. The van der Waals surface area contributed by atoms with Crippen LogP contribution in [0, 0.1) is 6.92 Å². The molecular weight excluding hydrogens is 458 g/mol. The molecule has 0 bridgehead atoms. The Morgan fingerprint density at radius 1 is 1.15 bits per heavy atom. The number of fused-ring (bicyclic) bond motifs is 2. The highest BCUT2D eigenvalue weighted by Gasteiger charge is 2.24. The van der Waals surface area contributed by atoms with Crippen LogP contribution in [-0.4, -0.2) is 47.0 Å². The first-order chi connectivity index (χ1) is 16.0. The van der Waals surface area contributed by atoms with Crippen LogP contribution in [0.15, 0.2) is 47.5 Å². The number of benzene rings is 2. The Kier molecular flexibility index (Phi) is 7.29. The fourth-order valence-electron chi connectivity index (χ4n) is 3.79. The van der Waals surface area contributed by atoms with Crippen LogP contribution in [-0.2, 0) is 32.1 Å². The zero-order valence-electron chi connectivity index (χ0n) is 18.6. The van der Waals surface area contributed by atoms with Crippen LogP contribution in [0.3, 0.4) is 0 Å². The van der Waals surface area contributed by atoms with Crippen molar-refractivity contribution in [2.75, 3.05) is 29.6 Å². The third-order valence-electron chi connectivity index (χ3n) is 5.29. The third kappa shape index (κ3) is 5.36. The average molecular weight is 484 g/mol. The van der Waals surface area contributed by atoms with Crippen LogP contribution in [0.2, 0.25) is 0 Å². The summed E-state index contributed by atoms with van der Waals surface area (Å²) in [5, 5.41) is 0. The van der Waals surface area contributed by atoms with Crippen molar-refractivity contribution in [3.8, 4) is 0 Å². The first-order valence-corrected chi connectivity index (χ1v) is 12.7. The van der Waals surface area contributed by atoms with E-state index in [2.05, 4.69) is 4.99 Å². The number of ether oxygens (including phenoxy) is 1. The second-order valence-electron chi connectivity index (χ2n) is 7.67. The van der Waals surface area contributed by atoms with E-state index in [1.54, 1.807) is 16.4 Å². The van der Waals surface area contributed by atoms with Crippen molar-refractivity contribution >= 4 is 56.8 Å².